The van der Waals surface area contributed by atoms with E-state index < -0.39 is 18.4 Å². The molecule has 3 N–H and O–H groups in total. The summed E-state index contributed by atoms with van der Waals surface area (Å²) in [5.41, 5.74) is 0.317. The van der Waals surface area contributed by atoms with Gasteiger partial charge in [-0.1, -0.05) is 48.5 Å². The molecule has 0 atom stereocenters. The van der Waals surface area contributed by atoms with E-state index in [4.69, 9.17) is 0 Å². The van der Waals surface area contributed by atoms with Gasteiger partial charge in [0.1, 0.15) is 5.70 Å². The van der Waals surface area contributed by atoms with Gasteiger partial charge in [0.25, 0.3) is 0 Å². The third-order valence-corrected chi connectivity index (χ3v) is 3.03. The van der Waals surface area contributed by atoms with Crippen LogP contribution >= 0.6 is 0 Å². The number of Topliss-reactive ketones (excluding diaryl/α,β-unsaturated/α-hetero) is 1. The van der Waals surface area contributed by atoms with Gasteiger partial charge in [-0.3, -0.25) is 4.79 Å². The first-order chi connectivity index (χ1) is 10.6. The number of nitrogens with one attached hydrogen (secondary N) is 1. The second-order valence-corrected chi connectivity index (χ2v) is 4.50. The molecule has 5 heteroatoms. The van der Waals surface area contributed by atoms with Crippen LogP contribution in [0.25, 0.3) is 0 Å². The van der Waals surface area contributed by atoms with Gasteiger partial charge in [-0.25, -0.2) is 4.79 Å². The number of aliphatic carboxylic acids is 1. The monoisotopic (exact) mass is 297 g/mol. The molecule has 0 heterocycles. The quantitative estimate of drug-likeness (QED) is 0.562. The van der Waals surface area contributed by atoms with Gasteiger partial charge < -0.3 is 15.5 Å². The summed E-state index contributed by atoms with van der Waals surface area (Å²) >= 11 is 0. The highest BCUT2D eigenvalue weighted by atomic mass is 16.4. The molecule has 0 saturated heterocycles. The highest BCUT2D eigenvalue weighted by Crippen LogP contribution is 2.16. The first-order valence-electron chi connectivity index (χ1n) is 6.62. The minimum Gasteiger partial charge on any atom is -0.477 e. The predicted octanol–water partition coefficient (Wildman–Crippen LogP) is 2.31. The van der Waals surface area contributed by atoms with E-state index in [1.54, 1.807) is 60.7 Å². The Morgan fingerprint density at radius 3 is 1.95 bits per heavy atom. The van der Waals surface area contributed by atoms with Crippen molar-refractivity contribution in [1.82, 2.24) is 0 Å². The van der Waals surface area contributed by atoms with E-state index in [9.17, 15) is 19.8 Å². The van der Waals surface area contributed by atoms with Gasteiger partial charge in [0, 0.05) is 11.3 Å². The Bertz CT molecular complexity index is 693. The summed E-state index contributed by atoms with van der Waals surface area (Å²) in [5, 5.41) is 21.5. The Labute approximate surface area is 127 Å². The average Bonchev–Trinajstić information content (AvgIpc) is 2.56. The molecule has 0 spiro atoms. The van der Waals surface area contributed by atoms with Crippen molar-refractivity contribution in [2.75, 3.05) is 11.9 Å². The molecular formula is C17H15NO4. The van der Waals surface area contributed by atoms with E-state index in [0.717, 1.165) is 0 Å². The molecule has 0 saturated carbocycles. The number of rotatable bonds is 6. The molecule has 0 fully saturated rings. The molecule has 2 aromatic carbocycles. The van der Waals surface area contributed by atoms with Gasteiger partial charge >= 0.3 is 5.97 Å². The first kappa shape index (κ1) is 15.5. The van der Waals surface area contributed by atoms with E-state index in [0.29, 0.717) is 11.3 Å². The number of carboxylic acid groups (broad SMARTS) is 1. The van der Waals surface area contributed by atoms with Gasteiger partial charge in [-0.2, -0.15) is 0 Å². The molecule has 22 heavy (non-hydrogen) atoms. The normalized spacial score (nSPS) is 11.5. The van der Waals surface area contributed by atoms with E-state index >= 15 is 0 Å². The number of ketones is 1. The molecule has 0 aromatic heterocycles. The summed E-state index contributed by atoms with van der Waals surface area (Å²) in [6.45, 7) is -0.671. The maximum Gasteiger partial charge on any atom is 0.352 e. The number of aliphatic hydroxyl groups is 1. The van der Waals surface area contributed by atoms with Gasteiger partial charge in [0.05, 0.1) is 12.2 Å². The summed E-state index contributed by atoms with van der Waals surface area (Å²) in [7, 11) is 0. The molecule has 0 amide bonds. The van der Waals surface area contributed by atoms with E-state index in [2.05, 4.69) is 5.32 Å². The fraction of sp³-hybridized carbons (Fsp3) is 0.0588. The number of hydrogen-bond donors (Lipinski definition) is 3. The molecule has 5 nitrogen and oxygen atoms in total. The lowest BCUT2D eigenvalue weighted by Gasteiger charge is -2.12. The molecule has 0 bridgehead atoms. The summed E-state index contributed by atoms with van der Waals surface area (Å²) in [6.07, 6.45) is 0. The lowest BCUT2D eigenvalue weighted by molar-refractivity contribution is -0.132. The molecule has 0 aliphatic carbocycles. The highest BCUT2D eigenvalue weighted by molar-refractivity contribution is 6.13. The third-order valence-electron chi connectivity index (χ3n) is 3.03. The van der Waals surface area contributed by atoms with Gasteiger partial charge in [-0.15, -0.1) is 0 Å². The van der Waals surface area contributed by atoms with Gasteiger partial charge in [-0.05, 0) is 12.1 Å². The standard InChI is InChI=1S/C17H15NO4/c19-11-14(16(20)12-7-3-1-4-8-12)15(17(21)22)18-13-9-5-2-6-10-13/h1-10,18-19H,11H2,(H,21,22)/b15-14+. The number of carbonyl (C=O) groups is 2. The Morgan fingerprint density at radius 1 is 0.909 bits per heavy atom. The largest absolute Gasteiger partial charge is 0.477 e. The number of aliphatic hydroxyl groups excluding tert-OH is 1. The fourth-order valence-electron chi connectivity index (χ4n) is 1.95. The number of benzene rings is 2. The number of carbonyl (C=O) groups excluding carboxylic acids is 1. The molecule has 0 unspecified atom stereocenters. The van der Waals surface area contributed by atoms with Crippen LogP contribution in [0.5, 0.6) is 0 Å². The molecule has 2 aromatic rings. The summed E-state index contributed by atoms with van der Waals surface area (Å²) in [4.78, 5) is 23.8. The topological polar surface area (TPSA) is 86.6 Å². The summed E-state index contributed by atoms with van der Waals surface area (Å²) in [6, 6.07) is 16.8. The van der Waals surface area contributed by atoms with Crippen LogP contribution in [0.3, 0.4) is 0 Å². The Hall–Kier alpha value is -2.92. The van der Waals surface area contributed by atoms with Crippen molar-refractivity contribution in [2.45, 2.75) is 0 Å². The van der Waals surface area contributed by atoms with Crippen LogP contribution in [0, 0.1) is 0 Å². The van der Waals surface area contributed by atoms with Crippen LogP contribution in [0.4, 0.5) is 5.69 Å². The average molecular weight is 297 g/mol. The Balaban J connectivity index is 2.42. The molecular weight excluding hydrogens is 282 g/mol. The van der Waals surface area contributed by atoms with Crippen molar-refractivity contribution in [3.63, 3.8) is 0 Å². The van der Waals surface area contributed by atoms with Crippen molar-refractivity contribution >= 4 is 17.4 Å². The van der Waals surface area contributed by atoms with Crippen molar-refractivity contribution in [3.05, 3.63) is 77.5 Å². The zero-order valence-electron chi connectivity index (χ0n) is 11.7. The zero-order valence-corrected chi connectivity index (χ0v) is 11.7. The van der Waals surface area contributed by atoms with Crippen molar-refractivity contribution in [2.24, 2.45) is 0 Å². The molecule has 0 aliphatic rings. The van der Waals surface area contributed by atoms with Crippen LogP contribution < -0.4 is 5.32 Å². The predicted molar refractivity (Wildman–Crippen MR) is 82.6 cm³/mol. The molecule has 112 valence electrons. The van der Waals surface area contributed by atoms with E-state index in [1.807, 2.05) is 0 Å². The maximum absolute atomic E-state index is 12.4. The van der Waals surface area contributed by atoms with Crippen molar-refractivity contribution < 1.29 is 19.8 Å². The molecule has 2 rings (SSSR count). The molecule has 0 aliphatic heterocycles. The smallest absolute Gasteiger partial charge is 0.352 e. The summed E-state index contributed by atoms with van der Waals surface area (Å²) in [5.74, 6) is -1.83. The summed E-state index contributed by atoms with van der Waals surface area (Å²) < 4.78 is 0. The number of carboxylic acids is 1. The number of para-hydroxylation sites is 1. The van der Waals surface area contributed by atoms with Gasteiger partial charge in [0.2, 0.25) is 0 Å². The fourth-order valence-corrected chi connectivity index (χ4v) is 1.95. The zero-order chi connectivity index (χ0) is 15.9. The first-order valence-corrected chi connectivity index (χ1v) is 6.62. The van der Waals surface area contributed by atoms with Crippen molar-refractivity contribution in [3.8, 4) is 0 Å². The van der Waals surface area contributed by atoms with Crippen LogP contribution in [0.2, 0.25) is 0 Å². The maximum atomic E-state index is 12.4. The number of hydrogen-bond acceptors (Lipinski definition) is 4. The Kier molecular flexibility index (Phi) is 5.06. The van der Waals surface area contributed by atoms with Crippen LogP contribution in [-0.2, 0) is 4.79 Å². The SMILES string of the molecule is O=C(O)/C(Nc1ccccc1)=C(/CO)C(=O)c1ccccc1. The van der Waals surface area contributed by atoms with Crippen LogP contribution in [-0.4, -0.2) is 28.6 Å². The second-order valence-electron chi connectivity index (χ2n) is 4.50. The third kappa shape index (κ3) is 3.59. The van der Waals surface area contributed by atoms with Crippen LogP contribution in [0.15, 0.2) is 71.9 Å². The van der Waals surface area contributed by atoms with Crippen molar-refractivity contribution in [1.29, 1.82) is 0 Å². The number of anilines is 1. The molecule has 0 radical (unpaired) electrons. The van der Waals surface area contributed by atoms with E-state index in [1.165, 1.54) is 0 Å². The minimum absolute atomic E-state index is 0.192. The van der Waals surface area contributed by atoms with E-state index in [-0.39, 0.29) is 11.3 Å². The van der Waals surface area contributed by atoms with Crippen LogP contribution in [0.1, 0.15) is 10.4 Å². The lowest BCUT2D eigenvalue weighted by atomic mass is 10.0. The lowest BCUT2D eigenvalue weighted by Crippen LogP contribution is -2.20. The van der Waals surface area contributed by atoms with Gasteiger partial charge in [0.15, 0.2) is 5.78 Å². The second kappa shape index (κ2) is 7.19. The Morgan fingerprint density at radius 2 is 1.45 bits per heavy atom. The minimum atomic E-state index is -1.31. The highest BCUT2D eigenvalue weighted by Gasteiger charge is 2.21.